The third-order valence-electron chi connectivity index (χ3n) is 4.12. The fourth-order valence-electron chi connectivity index (χ4n) is 3.20. The Labute approximate surface area is 108 Å². The third-order valence-corrected chi connectivity index (χ3v) is 4.12. The second-order valence-electron chi connectivity index (χ2n) is 6.89. The lowest BCUT2D eigenvalue weighted by atomic mass is 9.60. The van der Waals surface area contributed by atoms with Gasteiger partial charge in [-0.15, -0.1) is 0 Å². The SMILES string of the molecule is CC(C)(C)OC(=O)N[C@@]1(C)C[C@@H]2CC[C@H]1CC2=O. The van der Waals surface area contributed by atoms with Crippen molar-refractivity contribution in [2.24, 2.45) is 11.8 Å². The second-order valence-corrected chi connectivity index (χ2v) is 6.89. The summed E-state index contributed by atoms with van der Waals surface area (Å²) in [5.74, 6) is 0.771. The molecular weight excluding hydrogens is 230 g/mol. The first-order valence-electron chi connectivity index (χ1n) is 6.73. The predicted molar refractivity (Wildman–Crippen MR) is 68.2 cm³/mol. The van der Waals surface area contributed by atoms with Crippen LogP contribution >= 0.6 is 0 Å². The van der Waals surface area contributed by atoms with E-state index in [1.54, 1.807) is 0 Å². The van der Waals surface area contributed by atoms with E-state index in [0.717, 1.165) is 19.3 Å². The Morgan fingerprint density at radius 3 is 2.50 bits per heavy atom. The molecule has 3 rings (SSSR count). The van der Waals surface area contributed by atoms with E-state index < -0.39 is 5.60 Å². The topological polar surface area (TPSA) is 55.4 Å². The molecule has 4 heteroatoms. The molecule has 1 amide bonds. The van der Waals surface area contributed by atoms with Crippen LogP contribution < -0.4 is 5.32 Å². The number of carbonyl (C=O) groups excluding carboxylic acids is 2. The van der Waals surface area contributed by atoms with E-state index in [2.05, 4.69) is 5.32 Å². The van der Waals surface area contributed by atoms with Gasteiger partial charge < -0.3 is 10.1 Å². The normalized spacial score (nSPS) is 35.4. The highest BCUT2D eigenvalue weighted by molar-refractivity contribution is 5.84. The van der Waals surface area contributed by atoms with Crippen molar-refractivity contribution in [2.45, 2.75) is 64.5 Å². The molecule has 0 aromatic rings. The molecule has 0 aromatic carbocycles. The first-order valence-corrected chi connectivity index (χ1v) is 6.73. The van der Waals surface area contributed by atoms with Crippen molar-refractivity contribution in [3.05, 3.63) is 0 Å². The van der Waals surface area contributed by atoms with Crippen molar-refractivity contribution in [2.75, 3.05) is 0 Å². The zero-order valence-corrected chi connectivity index (χ0v) is 11.7. The number of carbonyl (C=O) groups is 2. The number of nitrogens with one attached hydrogen (secondary N) is 1. The zero-order chi connectivity index (χ0) is 13.6. The number of fused-ring (bicyclic) bond motifs is 3. The summed E-state index contributed by atoms with van der Waals surface area (Å²) in [6.45, 7) is 7.60. The van der Waals surface area contributed by atoms with Gasteiger partial charge in [-0.25, -0.2) is 4.79 Å². The maximum atomic E-state index is 11.9. The molecule has 0 unspecified atom stereocenters. The molecule has 3 saturated carbocycles. The van der Waals surface area contributed by atoms with Crippen molar-refractivity contribution in [3.8, 4) is 0 Å². The number of rotatable bonds is 1. The van der Waals surface area contributed by atoms with E-state index in [1.807, 2.05) is 27.7 Å². The Morgan fingerprint density at radius 1 is 1.39 bits per heavy atom. The number of hydrogen-bond donors (Lipinski definition) is 1. The van der Waals surface area contributed by atoms with Gasteiger partial charge in [0.1, 0.15) is 11.4 Å². The van der Waals surface area contributed by atoms with Crippen LogP contribution in [0, 0.1) is 11.8 Å². The molecule has 0 aromatic heterocycles. The van der Waals surface area contributed by atoms with Gasteiger partial charge in [0, 0.05) is 17.9 Å². The molecule has 102 valence electrons. The van der Waals surface area contributed by atoms with Gasteiger partial charge in [-0.2, -0.15) is 0 Å². The van der Waals surface area contributed by atoms with Gasteiger partial charge >= 0.3 is 6.09 Å². The van der Waals surface area contributed by atoms with E-state index in [0.29, 0.717) is 12.2 Å². The molecule has 3 aliphatic rings. The quantitative estimate of drug-likeness (QED) is 0.781. The second kappa shape index (κ2) is 4.25. The summed E-state index contributed by atoms with van der Waals surface area (Å²) in [5, 5.41) is 2.99. The predicted octanol–water partition coefficient (Wildman–Crippen LogP) is 2.66. The first-order chi connectivity index (χ1) is 8.20. The fourth-order valence-corrected chi connectivity index (χ4v) is 3.20. The summed E-state index contributed by atoms with van der Waals surface area (Å²) in [7, 11) is 0. The first kappa shape index (κ1) is 13.4. The van der Waals surface area contributed by atoms with Crippen LogP contribution in [0.15, 0.2) is 0 Å². The average molecular weight is 253 g/mol. The molecule has 0 saturated heterocycles. The Kier molecular flexibility index (Phi) is 3.16. The molecule has 3 atom stereocenters. The third kappa shape index (κ3) is 2.68. The van der Waals surface area contributed by atoms with E-state index in [9.17, 15) is 9.59 Å². The fraction of sp³-hybridized carbons (Fsp3) is 0.857. The lowest BCUT2D eigenvalue weighted by molar-refractivity contribution is -0.133. The number of Topliss-reactive ketones (excluding diaryl/α,β-unsaturated/α-hetero) is 1. The van der Waals surface area contributed by atoms with Crippen LogP contribution in [0.4, 0.5) is 4.79 Å². The Hall–Kier alpha value is -1.06. The molecule has 0 spiro atoms. The van der Waals surface area contributed by atoms with Crippen LogP contribution in [0.2, 0.25) is 0 Å². The van der Waals surface area contributed by atoms with E-state index in [-0.39, 0.29) is 23.5 Å². The van der Waals surface area contributed by atoms with Crippen molar-refractivity contribution in [1.82, 2.24) is 5.32 Å². The van der Waals surface area contributed by atoms with Crippen molar-refractivity contribution in [1.29, 1.82) is 0 Å². The molecule has 0 radical (unpaired) electrons. The molecule has 3 aliphatic carbocycles. The van der Waals surface area contributed by atoms with Gasteiger partial charge in [-0.1, -0.05) is 0 Å². The molecule has 3 fully saturated rings. The summed E-state index contributed by atoms with van der Waals surface area (Å²) < 4.78 is 5.31. The molecule has 0 heterocycles. The summed E-state index contributed by atoms with van der Waals surface area (Å²) in [6, 6.07) is 0. The maximum absolute atomic E-state index is 11.9. The van der Waals surface area contributed by atoms with Crippen molar-refractivity contribution >= 4 is 11.9 Å². The Morgan fingerprint density at radius 2 is 2.06 bits per heavy atom. The van der Waals surface area contributed by atoms with E-state index >= 15 is 0 Å². The summed E-state index contributed by atoms with van der Waals surface area (Å²) in [6.07, 6.45) is 3.01. The van der Waals surface area contributed by atoms with Crippen LogP contribution in [-0.4, -0.2) is 23.0 Å². The highest BCUT2D eigenvalue weighted by Crippen LogP contribution is 2.45. The average Bonchev–Trinajstić information content (AvgIpc) is 2.16. The van der Waals surface area contributed by atoms with Crippen LogP contribution in [-0.2, 0) is 9.53 Å². The van der Waals surface area contributed by atoms with Crippen LogP contribution in [0.25, 0.3) is 0 Å². The lowest BCUT2D eigenvalue weighted by Crippen LogP contribution is -2.59. The minimum absolute atomic E-state index is 0.134. The monoisotopic (exact) mass is 253 g/mol. The number of alkyl carbamates (subject to hydrolysis) is 1. The highest BCUT2D eigenvalue weighted by atomic mass is 16.6. The van der Waals surface area contributed by atoms with Crippen LogP contribution in [0.3, 0.4) is 0 Å². The summed E-state index contributed by atoms with van der Waals surface area (Å²) in [4.78, 5) is 23.6. The van der Waals surface area contributed by atoms with Gasteiger partial charge in [0.05, 0.1) is 0 Å². The largest absolute Gasteiger partial charge is 0.444 e. The smallest absolute Gasteiger partial charge is 0.408 e. The minimum atomic E-state index is -0.482. The minimum Gasteiger partial charge on any atom is -0.444 e. The molecule has 1 N–H and O–H groups in total. The van der Waals surface area contributed by atoms with Gasteiger partial charge in [-0.3, -0.25) is 4.79 Å². The Bertz CT molecular complexity index is 372. The highest BCUT2D eigenvalue weighted by Gasteiger charge is 2.49. The summed E-state index contributed by atoms with van der Waals surface area (Å²) >= 11 is 0. The summed E-state index contributed by atoms with van der Waals surface area (Å²) in [5.41, 5.74) is -0.761. The number of ketones is 1. The number of amides is 1. The molecular formula is C14H23NO3. The Balaban J connectivity index is 2.01. The van der Waals surface area contributed by atoms with E-state index in [1.165, 1.54) is 0 Å². The van der Waals surface area contributed by atoms with Gasteiger partial charge in [0.15, 0.2) is 0 Å². The van der Waals surface area contributed by atoms with Gasteiger partial charge in [0.25, 0.3) is 0 Å². The standard InChI is InChI=1S/C14H23NO3/c1-13(2,3)18-12(17)15-14(4)8-9-5-6-10(14)7-11(9)16/h9-10H,5-8H2,1-4H3,(H,15,17)/t9-,10-,14-/m0/s1. The number of hydrogen-bond acceptors (Lipinski definition) is 3. The molecule has 4 nitrogen and oxygen atoms in total. The zero-order valence-electron chi connectivity index (χ0n) is 11.7. The van der Waals surface area contributed by atoms with Gasteiger partial charge in [-0.05, 0) is 52.9 Å². The molecule has 2 bridgehead atoms. The van der Waals surface area contributed by atoms with Crippen LogP contribution in [0.1, 0.15) is 53.4 Å². The van der Waals surface area contributed by atoms with Gasteiger partial charge in [0.2, 0.25) is 0 Å². The number of ether oxygens (including phenoxy) is 1. The van der Waals surface area contributed by atoms with Crippen molar-refractivity contribution in [3.63, 3.8) is 0 Å². The van der Waals surface area contributed by atoms with Crippen molar-refractivity contribution < 1.29 is 14.3 Å². The van der Waals surface area contributed by atoms with E-state index in [4.69, 9.17) is 4.74 Å². The molecule has 18 heavy (non-hydrogen) atoms. The maximum Gasteiger partial charge on any atom is 0.408 e. The van der Waals surface area contributed by atoms with Crippen LogP contribution in [0.5, 0.6) is 0 Å². The molecule has 0 aliphatic heterocycles. The lowest BCUT2D eigenvalue weighted by Gasteiger charge is -2.49.